The number of hydrogen-bond donors (Lipinski definition) is 0. The predicted molar refractivity (Wildman–Crippen MR) is 94.6 cm³/mol. The van der Waals surface area contributed by atoms with Crippen LogP contribution < -0.4 is 0 Å². The van der Waals surface area contributed by atoms with E-state index < -0.39 is 11.6 Å². The van der Waals surface area contributed by atoms with Crippen molar-refractivity contribution in [2.45, 2.75) is 36.2 Å². The molecule has 0 amide bonds. The van der Waals surface area contributed by atoms with Crippen molar-refractivity contribution in [2.75, 3.05) is 0 Å². The van der Waals surface area contributed by atoms with Gasteiger partial charge in [-0.25, -0.2) is 8.78 Å². The Morgan fingerprint density at radius 1 is 1.12 bits per heavy atom. The summed E-state index contributed by atoms with van der Waals surface area (Å²) in [6.07, 6.45) is 4.10. The van der Waals surface area contributed by atoms with Crippen LogP contribution >= 0.6 is 11.8 Å². The van der Waals surface area contributed by atoms with Crippen LogP contribution in [0.25, 0.3) is 0 Å². The van der Waals surface area contributed by atoms with E-state index in [0.29, 0.717) is 17.0 Å². The van der Waals surface area contributed by atoms with E-state index in [0.717, 1.165) is 22.2 Å². The molecule has 1 radical (unpaired) electrons. The van der Waals surface area contributed by atoms with Crippen LogP contribution in [-0.4, -0.2) is 14.8 Å². The summed E-state index contributed by atoms with van der Waals surface area (Å²) in [5, 5.41) is 5.38. The second kappa shape index (κ2) is 7.35. The number of halogens is 2. The standard InChI is InChI=1S/C19H18F2N3S/c1-12(2)24-19(25-17-10-15(20)9-16(21)11-17)18(13(3)23-24)8-14-4-6-22-7-5-14/h4-7,9-12H,3,8H2,1-2H3. The quantitative estimate of drug-likeness (QED) is 0.639. The van der Waals surface area contributed by atoms with Crippen LogP contribution in [0.1, 0.15) is 36.7 Å². The highest BCUT2D eigenvalue weighted by Crippen LogP contribution is 2.35. The number of hydrogen-bond acceptors (Lipinski definition) is 3. The van der Waals surface area contributed by atoms with Crippen LogP contribution in [0.3, 0.4) is 0 Å². The summed E-state index contributed by atoms with van der Waals surface area (Å²) in [5.74, 6) is -1.19. The van der Waals surface area contributed by atoms with Crippen molar-refractivity contribution in [1.29, 1.82) is 0 Å². The van der Waals surface area contributed by atoms with Gasteiger partial charge in [-0.15, -0.1) is 0 Å². The second-order valence-corrected chi connectivity index (χ2v) is 7.07. The summed E-state index contributed by atoms with van der Waals surface area (Å²) in [6.45, 7) is 8.07. The van der Waals surface area contributed by atoms with Gasteiger partial charge in [0.1, 0.15) is 16.7 Å². The molecule has 2 heterocycles. The lowest BCUT2D eigenvalue weighted by molar-refractivity contribution is 0.490. The zero-order chi connectivity index (χ0) is 18.0. The van der Waals surface area contributed by atoms with E-state index in [1.807, 2.05) is 30.7 Å². The summed E-state index contributed by atoms with van der Waals surface area (Å²) in [7, 11) is 0. The van der Waals surface area contributed by atoms with Crippen molar-refractivity contribution in [3.63, 3.8) is 0 Å². The molecule has 25 heavy (non-hydrogen) atoms. The average Bonchev–Trinajstić information content (AvgIpc) is 2.84. The fourth-order valence-electron chi connectivity index (χ4n) is 2.54. The zero-order valence-electron chi connectivity index (χ0n) is 14.0. The topological polar surface area (TPSA) is 30.7 Å². The van der Waals surface area contributed by atoms with Gasteiger partial charge >= 0.3 is 0 Å². The van der Waals surface area contributed by atoms with Crippen LogP contribution in [-0.2, 0) is 6.42 Å². The maximum absolute atomic E-state index is 13.5. The van der Waals surface area contributed by atoms with Gasteiger partial charge in [-0.2, -0.15) is 5.10 Å². The molecule has 3 rings (SSSR count). The maximum atomic E-state index is 13.5. The minimum Gasteiger partial charge on any atom is -0.265 e. The summed E-state index contributed by atoms with van der Waals surface area (Å²) in [5.41, 5.74) is 2.70. The van der Waals surface area contributed by atoms with E-state index in [4.69, 9.17) is 0 Å². The molecule has 0 fully saturated rings. The molecule has 3 nitrogen and oxygen atoms in total. The van der Waals surface area contributed by atoms with Gasteiger partial charge in [-0.3, -0.25) is 9.67 Å². The van der Waals surface area contributed by atoms with Crippen LogP contribution in [0.15, 0.2) is 52.6 Å². The fraction of sp³-hybridized carbons (Fsp3) is 0.211. The van der Waals surface area contributed by atoms with Crippen molar-refractivity contribution in [3.8, 4) is 0 Å². The molecule has 6 heteroatoms. The van der Waals surface area contributed by atoms with Gasteiger partial charge in [0.15, 0.2) is 0 Å². The minimum absolute atomic E-state index is 0.104. The summed E-state index contributed by atoms with van der Waals surface area (Å²) < 4.78 is 28.9. The first kappa shape index (κ1) is 17.6. The first-order valence-electron chi connectivity index (χ1n) is 7.90. The SMILES string of the molecule is [CH2]c1nn(C(C)C)c(Sc2cc(F)cc(F)c2)c1Cc1ccncc1. The smallest absolute Gasteiger partial charge is 0.127 e. The van der Waals surface area contributed by atoms with Gasteiger partial charge in [-0.05, 0) is 50.6 Å². The number of rotatable bonds is 5. The first-order valence-corrected chi connectivity index (χ1v) is 8.72. The molecule has 0 spiro atoms. The second-order valence-electron chi connectivity index (χ2n) is 6.01. The Kier molecular flexibility index (Phi) is 5.18. The third-order valence-corrected chi connectivity index (χ3v) is 4.81. The maximum Gasteiger partial charge on any atom is 0.127 e. The Hall–Kier alpha value is -2.21. The molecule has 0 unspecified atom stereocenters. The van der Waals surface area contributed by atoms with E-state index >= 15 is 0 Å². The lowest BCUT2D eigenvalue weighted by Crippen LogP contribution is -2.05. The predicted octanol–water partition coefficient (Wildman–Crippen LogP) is 5.06. The highest BCUT2D eigenvalue weighted by atomic mass is 32.2. The molecule has 129 valence electrons. The number of nitrogens with zero attached hydrogens (tertiary/aromatic N) is 3. The van der Waals surface area contributed by atoms with Crippen LogP contribution in [0.2, 0.25) is 0 Å². The molecule has 0 saturated heterocycles. The largest absolute Gasteiger partial charge is 0.265 e. The molecule has 0 saturated carbocycles. The monoisotopic (exact) mass is 358 g/mol. The molecule has 0 atom stereocenters. The highest BCUT2D eigenvalue weighted by Gasteiger charge is 2.19. The molecular weight excluding hydrogens is 340 g/mol. The lowest BCUT2D eigenvalue weighted by atomic mass is 10.1. The summed E-state index contributed by atoms with van der Waals surface area (Å²) in [4.78, 5) is 4.52. The number of pyridine rings is 1. The number of aromatic nitrogens is 3. The lowest BCUT2D eigenvalue weighted by Gasteiger charge is -2.12. The number of benzene rings is 1. The molecule has 0 aliphatic carbocycles. The highest BCUT2D eigenvalue weighted by molar-refractivity contribution is 7.99. The van der Waals surface area contributed by atoms with Crippen LogP contribution in [0.4, 0.5) is 8.78 Å². The van der Waals surface area contributed by atoms with Gasteiger partial charge in [0.25, 0.3) is 0 Å². The van der Waals surface area contributed by atoms with Gasteiger partial charge < -0.3 is 0 Å². The van der Waals surface area contributed by atoms with Crippen molar-refractivity contribution in [2.24, 2.45) is 0 Å². The Balaban J connectivity index is 2.03. The third-order valence-electron chi connectivity index (χ3n) is 3.71. The molecule has 3 aromatic rings. The summed E-state index contributed by atoms with van der Waals surface area (Å²) in [6, 6.07) is 7.49. The van der Waals surface area contributed by atoms with Crippen molar-refractivity contribution < 1.29 is 8.78 Å². The van der Waals surface area contributed by atoms with Gasteiger partial charge in [0.05, 0.1) is 5.69 Å². The van der Waals surface area contributed by atoms with E-state index in [1.54, 1.807) is 12.4 Å². The molecule has 0 aliphatic rings. The molecular formula is C19H18F2N3S. The Morgan fingerprint density at radius 2 is 1.76 bits per heavy atom. The molecule has 2 aromatic heterocycles. The Morgan fingerprint density at radius 3 is 2.36 bits per heavy atom. The van der Waals surface area contributed by atoms with E-state index in [1.165, 1.54) is 23.9 Å². The Labute approximate surface area is 150 Å². The normalized spacial score (nSPS) is 11.3. The van der Waals surface area contributed by atoms with E-state index in [9.17, 15) is 8.78 Å². The van der Waals surface area contributed by atoms with Gasteiger partial charge in [0.2, 0.25) is 0 Å². The van der Waals surface area contributed by atoms with Crippen molar-refractivity contribution in [1.82, 2.24) is 14.8 Å². The summed E-state index contributed by atoms with van der Waals surface area (Å²) >= 11 is 1.30. The molecule has 1 aromatic carbocycles. The molecule has 0 N–H and O–H groups in total. The minimum atomic E-state index is -0.594. The van der Waals surface area contributed by atoms with Crippen molar-refractivity contribution in [3.05, 3.63) is 78.1 Å². The van der Waals surface area contributed by atoms with Crippen LogP contribution in [0, 0.1) is 18.6 Å². The van der Waals surface area contributed by atoms with Gasteiger partial charge in [-0.1, -0.05) is 11.8 Å². The van der Waals surface area contributed by atoms with Crippen molar-refractivity contribution >= 4 is 11.8 Å². The Bertz CT molecular complexity index is 856. The third kappa shape index (κ3) is 4.07. The fourth-order valence-corrected chi connectivity index (χ4v) is 3.76. The average molecular weight is 358 g/mol. The molecule has 0 aliphatic heterocycles. The van der Waals surface area contributed by atoms with E-state index in [-0.39, 0.29) is 6.04 Å². The first-order chi connectivity index (χ1) is 11.9. The van der Waals surface area contributed by atoms with Crippen LogP contribution in [0.5, 0.6) is 0 Å². The van der Waals surface area contributed by atoms with E-state index in [2.05, 4.69) is 17.0 Å². The molecule has 0 bridgehead atoms. The zero-order valence-corrected chi connectivity index (χ0v) is 14.9. The van der Waals surface area contributed by atoms with Gasteiger partial charge in [0, 0.05) is 41.4 Å².